The average molecular weight is 333 g/mol. The van der Waals surface area contributed by atoms with Crippen molar-refractivity contribution in [2.24, 2.45) is 0 Å². The van der Waals surface area contributed by atoms with Crippen molar-refractivity contribution < 1.29 is 4.79 Å². The van der Waals surface area contributed by atoms with Crippen LogP contribution < -0.4 is 5.32 Å². The van der Waals surface area contributed by atoms with Crippen LogP contribution in [0.1, 0.15) is 5.56 Å². The molecule has 5 nitrogen and oxygen atoms in total. The van der Waals surface area contributed by atoms with Crippen LogP contribution >= 0.6 is 23.4 Å². The molecular formula is C15H13ClN4OS. The Morgan fingerprint density at radius 3 is 2.86 bits per heavy atom. The highest BCUT2D eigenvalue weighted by atomic mass is 35.5. The zero-order valence-electron chi connectivity index (χ0n) is 11.6. The van der Waals surface area contributed by atoms with Crippen LogP contribution in [0.3, 0.4) is 0 Å². The van der Waals surface area contributed by atoms with E-state index in [1.54, 1.807) is 6.07 Å². The Labute approximate surface area is 136 Å². The molecule has 0 aliphatic carbocycles. The Morgan fingerprint density at radius 2 is 2.00 bits per heavy atom. The number of nitrogens with one attached hydrogen (secondary N) is 1. The Morgan fingerprint density at radius 1 is 1.18 bits per heavy atom. The van der Waals surface area contributed by atoms with Crippen molar-refractivity contribution in [1.82, 2.24) is 19.9 Å². The number of fused-ring (bicyclic) bond motifs is 1. The zero-order valence-corrected chi connectivity index (χ0v) is 13.1. The van der Waals surface area contributed by atoms with E-state index in [9.17, 15) is 4.79 Å². The van der Waals surface area contributed by atoms with Crippen LogP contribution in [0.25, 0.3) is 5.65 Å². The molecule has 2 heterocycles. The largest absolute Gasteiger partial charge is 0.351 e. The van der Waals surface area contributed by atoms with Crippen LogP contribution in [0.15, 0.2) is 53.8 Å². The van der Waals surface area contributed by atoms with Gasteiger partial charge in [-0.15, -0.1) is 10.2 Å². The van der Waals surface area contributed by atoms with Gasteiger partial charge in [-0.2, -0.15) is 0 Å². The molecule has 0 aliphatic heterocycles. The number of thioether (sulfide) groups is 1. The first-order chi connectivity index (χ1) is 10.7. The highest BCUT2D eigenvalue weighted by molar-refractivity contribution is 7.99. The molecule has 0 atom stereocenters. The van der Waals surface area contributed by atoms with E-state index in [0.717, 1.165) is 11.2 Å². The molecule has 1 amide bonds. The van der Waals surface area contributed by atoms with Crippen LogP contribution in [-0.2, 0) is 11.3 Å². The normalized spacial score (nSPS) is 10.8. The molecule has 22 heavy (non-hydrogen) atoms. The van der Waals surface area contributed by atoms with E-state index in [2.05, 4.69) is 15.5 Å². The summed E-state index contributed by atoms with van der Waals surface area (Å²) in [7, 11) is 0. The van der Waals surface area contributed by atoms with E-state index < -0.39 is 0 Å². The molecule has 112 valence electrons. The summed E-state index contributed by atoms with van der Waals surface area (Å²) < 4.78 is 1.85. The summed E-state index contributed by atoms with van der Waals surface area (Å²) in [4.78, 5) is 11.9. The van der Waals surface area contributed by atoms with Crippen LogP contribution in [0.4, 0.5) is 0 Å². The van der Waals surface area contributed by atoms with Gasteiger partial charge >= 0.3 is 0 Å². The molecule has 1 N–H and O–H groups in total. The van der Waals surface area contributed by atoms with Gasteiger partial charge in [0.25, 0.3) is 0 Å². The minimum absolute atomic E-state index is 0.0717. The third kappa shape index (κ3) is 3.40. The monoisotopic (exact) mass is 332 g/mol. The lowest BCUT2D eigenvalue weighted by molar-refractivity contribution is -0.118. The summed E-state index contributed by atoms with van der Waals surface area (Å²) in [5.41, 5.74) is 1.66. The van der Waals surface area contributed by atoms with Gasteiger partial charge in [-0.1, -0.05) is 47.6 Å². The predicted molar refractivity (Wildman–Crippen MR) is 87.0 cm³/mol. The first kappa shape index (κ1) is 14.9. The molecule has 2 aromatic heterocycles. The molecule has 0 radical (unpaired) electrons. The third-order valence-electron chi connectivity index (χ3n) is 3.05. The van der Waals surface area contributed by atoms with Gasteiger partial charge in [-0.05, 0) is 23.8 Å². The van der Waals surface area contributed by atoms with Gasteiger partial charge in [-0.25, -0.2) is 0 Å². The fourth-order valence-corrected chi connectivity index (χ4v) is 2.89. The lowest BCUT2D eigenvalue weighted by Gasteiger charge is -2.06. The summed E-state index contributed by atoms with van der Waals surface area (Å²) >= 11 is 7.40. The van der Waals surface area contributed by atoms with E-state index in [1.807, 2.05) is 47.0 Å². The lowest BCUT2D eigenvalue weighted by Crippen LogP contribution is -2.24. The minimum atomic E-state index is -0.0717. The quantitative estimate of drug-likeness (QED) is 0.730. The lowest BCUT2D eigenvalue weighted by atomic mass is 10.2. The fourth-order valence-electron chi connectivity index (χ4n) is 1.93. The number of amides is 1. The molecule has 0 aliphatic rings. The number of carbonyl (C=O) groups excluding carboxylic acids is 1. The van der Waals surface area contributed by atoms with E-state index in [1.165, 1.54) is 11.8 Å². The maximum Gasteiger partial charge on any atom is 0.230 e. The molecule has 7 heteroatoms. The maximum absolute atomic E-state index is 11.9. The van der Waals surface area contributed by atoms with Crippen molar-refractivity contribution in [1.29, 1.82) is 0 Å². The Bertz CT molecular complexity index is 805. The van der Waals surface area contributed by atoms with Gasteiger partial charge in [0.15, 0.2) is 10.8 Å². The van der Waals surface area contributed by atoms with Gasteiger partial charge in [0.05, 0.1) is 5.75 Å². The minimum Gasteiger partial charge on any atom is -0.351 e. The van der Waals surface area contributed by atoms with E-state index in [-0.39, 0.29) is 11.7 Å². The molecule has 0 fully saturated rings. The van der Waals surface area contributed by atoms with Crippen LogP contribution in [0.5, 0.6) is 0 Å². The summed E-state index contributed by atoms with van der Waals surface area (Å²) in [6.45, 7) is 0.416. The van der Waals surface area contributed by atoms with Crippen LogP contribution in [0, 0.1) is 0 Å². The highest BCUT2D eigenvalue weighted by Gasteiger charge is 2.09. The van der Waals surface area contributed by atoms with Crippen molar-refractivity contribution in [3.05, 3.63) is 59.2 Å². The third-order valence-corrected chi connectivity index (χ3v) is 4.36. The molecule has 0 unspecified atom stereocenters. The number of hydrogen-bond donors (Lipinski definition) is 1. The van der Waals surface area contributed by atoms with E-state index >= 15 is 0 Å². The van der Waals surface area contributed by atoms with Gasteiger partial charge in [0.1, 0.15) is 0 Å². The Hall–Kier alpha value is -2.05. The van der Waals surface area contributed by atoms with Crippen molar-refractivity contribution in [3.63, 3.8) is 0 Å². The zero-order chi connectivity index (χ0) is 15.4. The van der Waals surface area contributed by atoms with Crippen LogP contribution in [0.2, 0.25) is 5.02 Å². The predicted octanol–water partition coefficient (Wildman–Crippen LogP) is 2.79. The van der Waals surface area contributed by atoms with Crippen molar-refractivity contribution in [3.8, 4) is 0 Å². The number of rotatable bonds is 5. The van der Waals surface area contributed by atoms with Crippen molar-refractivity contribution >= 4 is 34.9 Å². The second-order valence-corrected chi connectivity index (χ2v) is 5.92. The van der Waals surface area contributed by atoms with Gasteiger partial charge in [-0.3, -0.25) is 9.20 Å². The first-order valence-electron chi connectivity index (χ1n) is 6.67. The van der Waals surface area contributed by atoms with Crippen molar-refractivity contribution in [2.75, 3.05) is 5.75 Å². The summed E-state index contributed by atoms with van der Waals surface area (Å²) in [5.74, 6) is 0.206. The maximum atomic E-state index is 11.9. The van der Waals surface area contributed by atoms with Gasteiger partial charge in [0, 0.05) is 17.8 Å². The highest BCUT2D eigenvalue weighted by Crippen LogP contribution is 2.17. The van der Waals surface area contributed by atoms with E-state index in [0.29, 0.717) is 16.7 Å². The van der Waals surface area contributed by atoms with Gasteiger partial charge < -0.3 is 5.32 Å². The number of halogens is 1. The Balaban J connectivity index is 1.55. The smallest absolute Gasteiger partial charge is 0.230 e. The Kier molecular flexibility index (Phi) is 4.60. The number of hydrogen-bond acceptors (Lipinski definition) is 4. The molecular weight excluding hydrogens is 320 g/mol. The molecule has 0 bridgehead atoms. The molecule has 1 aromatic carbocycles. The van der Waals surface area contributed by atoms with E-state index in [4.69, 9.17) is 11.6 Å². The number of benzene rings is 1. The molecule has 0 saturated carbocycles. The van der Waals surface area contributed by atoms with Crippen molar-refractivity contribution in [2.45, 2.75) is 11.7 Å². The number of carbonyl (C=O) groups is 1. The summed E-state index contributed by atoms with van der Waals surface area (Å²) in [6.07, 6.45) is 1.87. The molecule has 0 spiro atoms. The molecule has 0 saturated heterocycles. The topological polar surface area (TPSA) is 59.3 Å². The van der Waals surface area contributed by atoms with Crippen LogP contribution in [-0.4, -0.2) is 26.3 Å². The second-order valence-electron chi connectivity index (χ2n) is 4.57. The first-order valence-corrected chi connectivity index (χ1v) is 8.03. The summed E-state index contributed by atoms with van der Waals surface area (Å²) in [5, 5.41) is 12.3. The molecule has 3 aromatic rings. The number of nitrogens with zero attached hydrogens (tertiary/aromatic N) is 3. The number of aromatic nitrogens is 3. The summed E-state index contributed by atoms with van der Waals surface area (Å²) in [6, 6.07) is 13.1. The number of pyridine rings is 1. The van der Waals surface area contributed by atoms with Gasteiger partial charge in [0.2, 0.25) is 5.91 Å². The molecule has 3 rings (SSSR count). The average Bonchev–Trinajstić information content (AvgIpc) is 2.95. The standard InChI is InChI=1S/C15H13ClN4OS/c16-12-6-2-1-5-11(12)9-17-14(21)10-22-15-19-18-13-7-3-4-8-20(13)15/h1-8H,9-10H2,(H,17,21). The SMILES string of the molecule is O=C(CSc1nnc2ccccn12)NCc1ccccc1Cl. The second kappa shape index (κ2) is 6.81. The fraction of sp³-hybridized carbons (Fsp3) is 0.133.